The van der Waals surface area contributed by atoms with Crippen molar-refractivity contribution in [1.82, 2.24) is 5.32 Å². The number of anilines is 2. The molecule has 1 aliphatic heterocycles. The van der Waals surface area contributed by atoms with Gasteiger partial charge in [-0.15, -0.1) is 0 Å². The molecule has 2 aliphatic rings. The molecule has 6 nitrogen and oxygen atoms in total. The lowest BCUT2D eigenvalue weighted by Gasteiger charge is -2.19. The van der Waals surface area contributed by atoms with E-state index in [0.29, 0.717) is 17.3 Å². The molecule has 0 aromatic heterocycles. The standard InChI is InChI=1S/C14H17N3O3/c1-17(7-12(18)15-8-2-3-8)9-4-5-10-11(6-9)16-14(20)13(10)19/h4-6,8,13,19H,2-3,7H2,1H3,(H,15,18)(H,16,20). The number of aliphatic hydroxyl groups is 1. The highest BCUT2D eigenvalue weighted by atomic mass is 16.3. The Hall–Kier alpha value is -2.08. The molecular formula is C14H17N3O3. The van der Waals surface area contributed by atoms with E-state index in [2.05, 4.69) is 10.6 Å². The number of hydrogen-bond acceptors (Lipinski definition) is 4. The summed E-state index contributed by atoms with van der Waals surface area (Å²) in [5.74, 6) is -0.411. The molecule has 3 rings (SSSR count). The van der Waals surface area contributed by atoms with Gasteiger partial charge in [0, 0.05) is 30.0 Å². The summed E-state index contributed by atoms with van der Waals surface area (Å²) in [5, 5.41) is 15.2. The second-order valence-corrected chi connectivity index (χ2v) is 5.36. The Bertz CT molecular complexity index is 569. The fourth-order valence-corrected chi connectivity index (χ4v) is 2.28. The van der Waals surface area contributed by atoms with Crippen molar-refractivity contribution in [3.8, 4) is 0 Å². The average Bonchev–Trinajstić information content (AvgIpc) is 3.16. The molecular weight excluding hydrogens is 258 g/mol. The summed E-state index contributed by atoms with van der Waals surface area (Å²) < 4.78 is 0. The molecule has 20 heavy (non-hydrogen) atoms. The summed E-state index contributed by atoms with van der Waals surface area (Å²) in [6.45, 7) is 0.270. The van der Waals surface area contributed by atoms with Crippen LogP contribution in [-0.2, 0) is 9.59 Å². The van der Waals surface area contributed by atoms with Gasteiger partial charge in [-0.05, 0) is 25.0 Å². The third-order valence-electron chi connectivity index (χ3n) is 3.60. The fourth-order valence-electron chi connectivity index (χ4n) is 2.28. The summed E-state index contributed by atoms with van der Waals surface area (Å²) in [4.78, 5) is 24.9. The van der Waals surface area contributed by atoms with Crippen LogP contribution >= 0.6 is 0 Å². The molecule has 1 atom stereocenters. The number of likely N-dealkylation sites (N-methyl/N-ethyl adjacent to an activating group) is 1. The molecule has 106 valence electrons. The van der Waals surface area contributed by atoms with Crippen molar-refractivity contribution >= 4 is 23.2 Å². The smallest absolute Gasteiger partial charge is 0.257 e. The van der Waals surface area contributed by atoms with E-state index in [-0.39, 0.29) is 12.5 Å². The van der Waals surface area contributed by atoms with E-state index in [1.165, 1.54) is 0 Å². The van der Waals surface area contributed by atoms with Gasteiger partial charge in [-0.1, -0.05) is 6.07 Å². The number of amides is 2. The van der Waals surface area contributed by atoms with Gasteiger partial charge < -0.3 is 20.6 Å². The molecule has 3 N–H and O–H groups in total. The van der Waals surface area contributed by atoms with E-state index < -0.39 is 12.0 Å². The van der Waals surface area contributed by atoms with Crippen molar-refractivity contribution in [2.45, 2.75) is 25.0 Å². The number of carbonyl (C=O) groups excluding carboxylic acids is 2. The lowest BCUT2D eigenvalue weighted by Crippen LogP contribution is -2.36. The van der Waals surface area contributed by atoms with Crippen LogP contribution in [0.5, 0.6) is 0 Å². The maximum Gasteiger partial charge on any atom is 0.257 e. The van der Waals surface area contributed by atoms with E-state index >= 15 is 0 Å². The summed E-state index contributed by atoms with van der Waals surface area (Å²) in [6.07, 6.45) is 1.04. The zero-order valence-electron chi connectivity index (χ0n) is 11.2. The number of fused-ring (bicyclic) bond motifs is 1. The van der Waals surface area contributed by atoms with Crippen molar-refractivity contribution < 1.29 is 14.7 Å². The third kappa shape index (κ3) is 2.46. The van der Waals surface area contributed by atoms with Crippen LogP contribution in [0.15, 0.2) is 18.2 Å². The van der Waals surface area contributed by atoms with Crippen LogP contribution in [-0.4, -0.2) is 36.6 Å². The van der Waals surface area contributed by atoms with Gasteiger partial charge in [-0.3, -0.25) is 9.59 Å². The molecule has 1 fully saturated rings. The predicted molar refractivity (Wildman–Crippen MR) is 74.5 cm³/mol. The zero-order chi connectivity index (χ0) is 14.3. The summed E-state index contributed by atoms with van der Waals surface area (Å²) in [5.41, 5.74) is 2.01. The molecule has 0 radical (unpaired) electrons. The zero-order valence-corrected chi connectivity index (χ0v) is 11.2. The lowest BCUT2D eigenvalue weighted by atomic mass is 10.1. The Morgan fingerprint density at radius 3 is 2.95 bits per heavy atom. The number of hydrogen-bond donors (Lipinski definition) is 3. The van der Waals surface area contributed by atoms with Crippen LogP contribution in [0.2, 0.25) is 0 Å². The first-order valence-corrected chi connectivity index (χ1v) is 6.68. The summed E-state index contributed by atoms with van der Waals surface area (Å²) >= 11 is 0. The number of rotatable bonds is 4. The van der Waals surface area contributed by atoms with Crippen molar-refractivity contribution in [3.05, 3.63) is 23.8 Å². The van der Waals surface area contributed by atoms with Gasteiger partial charge >= 0.3 is 0 Å². The Balaban J connectivity index is 1.69. The summed E-state index contributed by atoms with van der Waals surface area (Å²) in [7, 11) is 1.82. The van der Waals surface area contributed by atoms with Crippen LogP contribution < -0.4 is 15.5 Å². The Morgan fingerprint density at radius 2 is 2.25 bits per heavy atom. The molecule has 6 heteroatoms. The molecule has 0 spiro atoms. The topological polar surface area (TPSA) is 81.7 Å². The minimum atomic E-state index is -1.09. The monoisotopic (exact) mass is 275 g/mol. The molecule has 2 amide bonds. The highest BCUT2D eigenvalue weighted by Crippen LogP contribution is 2.33. The van der Waals surface area contributed by atoms with Crippen LogP contribution in [0.4, 0.5) is 11.4 Å². The minimum Gasteiger partial charge on any atom is -0.378 e. The van der Waals surface area contributed by atoms with Gasteiger partial charge in [0.1, 0.15) is 0 Å². The molecule has 1 heterocycles. The van der Waals surface area contributed by atoms with Crippen molar-refractivity contribution in [3.63, 3.8) is 0 Å². The summed E-state index contributed by atoms with van der Waals surface area (Å²) in [6, 6.07) is 5.63. The maximum atomic E-state index is 11.8. The first-order valence-electron chi connectivity index (χ1n) is 6.68. The lowest BCUT2D eigenvalue weighted by molar-refractivity contribution is -0.123. The molecule has 1 unspecified atom stereocenters. The van der Waals surface area contributed by atoms with Crippen molar-refractivity contribution in [1.29, 1.82) is 0 Å². The van der Waals surface area contributed by atoms with E-state index in [4.69, 9.17) is 0 Å². The highest BCUT2D eigenvalue weighted by molar-refractivity contribution is 6.02. The van der Waals surface area contributed by atoms with Gasteiger partial charge in [-0.2, -0.15) is 0 Å². The molecule has 0 bridgehead atoms. The predicted octanol–water partition coefficient (Wildman–Crippen LogP) is 0.387. The van der Waals surface area contributed by atoms with E-state index in [1.807, 2.05) is 11.9 Å². The SMILES string of the molecule is CN(CC(=O)NC1CC1)c1ccc2c(c1)NC(=O)C2O. The minimum absolute atomic E-state index is 0.000399. The Kier molecular flexibility index (Phi) is 3.10. The van der Waals surface area contributed by atoms with Crippen LogP contribution in [0.1, 0.15) is 24.5 Å². The molecule has 1 aromatic rings. The normalized spacial score (nSPS) is 20.3. The van der Waals surface area contributed by atoms with Crippen LogP contribution in [0.25, 0.3) is 0 Å². The van der Waals surface area contributed by atoms with E-state index in [0.717, 1.165) is 18.5 Å². The van der Waals surface area contributed by atoms with Gasteiger partial charge in [0.2, 0.25) is 5.91 Å². The van der Waals surface area contributed by atoms with Crippen LogP contribution in [0, 0.1) is 0 Å². The molecule has 1 saturated carbocycles. The number of aliphatic hydroxyl groups excluding tert-OH is 1. The Labute approximate surface area is 116 Å². The van der Waals surface area contributed by atoms with Gasteiger partial charge in [-0.25, -0.2) is 0 Å². The van der Waals surface area contributed by atoms with Gasteiger partial charge in [0.25, 0.3) is 5.91 Å². The number of benzene rings is 1. The largest absolute Gasteiger partial charge is 0.378 e. The quantitative estimate of drug-likeness (QED) is 0.742. The maximum absolute atomic E-state index is 11.8. The number of nitrogens with one attached hydrogen (secondary N) is 2. The highest BCUT2D eigenvalue weighted by Gasteiger charge is 2.29. The van der Waals surface area contributed by atoms with Crippen molar-refractivity contribution in [2.24, 2.45) is 0 Å². The van der Waals surface area contributed by atoms with Crippen molar-refractivity contribution in [2.75, 3.05) is 23.8 Å². The van der Waals surface area contributed by atoms with Crippen LogP contribution in [0.3, 0.4) is 0 Å². The molecule has 0 saturated heterocycles. The van der Waals surface area contributed by atoms with Gasteiger partial charge in [0.05, 0.1) is 6.54 Å². The first kappa shape index (κ1) is 12.9. The van der Waals surface area contributed by atoms with Gasteiger partial charge in [0.15, 0.2) is 6.10 Å². The second kappa shape index (κ2) is 4.79. The van der Waals surface area contributed by atoms with E-state index in [9.17, 15) is 14.7 Å². The second-order valence-electron chi connectivity index (χ2n) is 5.36. The molecule has 1 aromatic carbocycles. The third-order valence-corrected chi connectivity index (χ3v) is 3.60. The van der Waals surface area contributed by atoms with E-state index in [1.54, 1.807) is 18.2 Å². The average molecular weight is 275 g/mol. The fraction of sp³-hybridized carbons (Fsp3) is 0.429. The molecule has 1 aliphatic carbocycles. The number of nitrogens with zero attached hydrogens (tertiary/aromatic N) is 1. The number of carbonyl (C=O) groups is 2. The Morgan fingerprint density at radius 1 is 1.50 bits per heavy atom. The first-order chi connectivity index (χ1) is 9.54.